The third kappa shape index (κ3) is 3.41. The smallest absolute Gasteiger partial charge is 0.0474 e. The molecule has 4 heteroatoms. The Morgan fingerprint density at radius 3 is 2.68 bits per heavy atom. The predicted molar refractivity (Wildman–Crippen MR) is 80.7 cm³/mol. The molecule has 1 saturated carbocycles. The summed E-state index contributed by atoms with van der Waals surface area (Å²) in [7, 11) is 0. The van der Waals surface area contributed by atoms with Crippen molar-refractivity contribution in [3.8, 4) is 0 Å². The minimum absolute atomic E-state index is 0.0452. The van der Waals surface area contributed by atoms with Crippen LogP contribution >= 0.6 is 11.6 Å². The van der Waals surface area contributed by atoms with Gasteiger partial charge in [-0.25, -0.2) is 0 Å². The summed E-state index contributed by atoms with van der Waals surface area (Å²) in [5.41, 5.74) is 8.02. The Labute approximate surface area is 120 Å². The summed E-state index contributed by atoms with van der Waals surface area (Å²) < 4.78 is 0. The standard InChI is InChI=1S/C15H23ClN2O/c1-11(17)14-7-6-13(10-15(14)16)18(8-3-9-19)12-4-2-5-12/h6-7,10-12,19H,2-5,8-9,17H2,1H3. The lowest BCUT2D eigenvalue weighted by atomic mass is 9.90. The van der Waals surface area contributed by atoms with Crippen molar-refractivity contribution in [2.45, 2.75) is 44.7 Å². The van der Waals surface area contributed by atoms with Crippen LogP contribution in [-0.2, 0) is 0 Å². The maximum atomic E-state index is 9.04. The fraction of sp³-hybridized carbons (Fsp3) is 0.600. The lowest BCUT2D eigenvalue weighted by molar-refractivity contribution is 0.283. The average Bonchev–Trinajstić information content (AvgIpc) is 2.31. The van der Waals surface area contributed by atoms with Crippen molar-refractivity contribution in [3.05, 3.63) is 28.8 Å². The molecule has 2 rings (SSSR count). The van der Waals surface area contributed by atoms with Crippen molar-refractivity contribution in [1.82, 2.24) is 0 Å². The maximum absolute atomic E-state index is 9.04. The van der Waals surface area contributed by atoms with E-state index < -0.39 is 0 Å². The van der Waals surface area contributed by atoms with Gasteiger partial charge in [0.15, 0.2) is 0 Å². The lowest BCUT2D eigenvalue weighted by Crippen LogP contribution is -2.41. The van der Waals surface area contributed by atoms with Crippen LogP contribution in [0.15, 0.2) is 18.2 Å². The molecule has 0 aliphatic heterocycles. The largest absolute Gasteiger partial charge is 0.396 e. The fourth-order valence-electron chi connectivity index (χ4n) is 2.53. The van der Waals surface area contributed by atoms with Gasteiger partial charge in [0.25, 0.3) is 0 Å². The summed E-state index contributed by atoms with van der Waals surface area (Å²) in [6.07, 6.45) is 4.56. The summed E-state index contributed by atoms with van der Waals surface area (Å²) in [5, 5.41) is 9.77. The Morgan fingerprint density at radius 2 is 2.21 bits per heavy atom. The van der Waals surface area contributed by atoms with Crippen LogP contribution in [0.25, 0.3) is 0 Å². The van der Waals surface area contributed by atoms with Crippen LogP contribution in [0.5, 0.6) is 0 Å². The number of aliphatic hydroxyl groups excluding tert-OH is 1. The molecule has 0 heterocycles. The quantitative estimate of drug-likeness (QED) is 0.843. The van der Waals surface area contributed by atoms with Gasteiger partial charge in [-0.15, -0.1) is 0 Å². The molecular formula is C15H23ClN2O. The summed E-state index contributed by atoms with van der Waals surface area (Å²) in [6.45, 7) is 3.06. The summed E-state index contributed by atoms with van der Waals surface area (Å²) >= 11 is 6.31. The first-order valence-electron chi connectivity index (χ1n) is 7.06. The maximum Gasteiger partial charge on any atom is 0.0474 e. The Kier molecular flexibility index (Phi) is 5.08. The molecule has 1 unspecified atom stereocenters. The molecule has 1 aliphatic carbocycles. The number of benzene rings is 1. The number of aliphatic hydroxyl groups is 1. The molecule has 1 atom stereocenters. The normalized spacial score (nSPS) is 17.1. The Bertz CT molecular complexity index is 419. The third-order valence-electron chi connectivity index (χ3n) is 3.88. The molecule has 106 valence electrons. The molecule has 0 amide bonds. The highest BCUT2D eigenvalue weighted by Gasteiger charge is 2.25. The van der Waals surface area contributed by atoms with Crippen molar-refractivity contribution >= 4 is 17.3 Å². The number of halogens is 1. The van der Waals surface area contributed by atoms with Crippen LogP contribution in [-0.4, -0.2) is 24.3 Å². The number of nitrogens with two attached hydrogens (primary N) is 1. The fourth-order valence-corrected chi connectivity index (χ4v) is 2.87. The first-order chi connectivity index (χ1) is 9.13. The van der Waals surface area contributed by atoms with Crippen molar-refractivity contribution in [3.63, 3.8) is 0 Å². The minimum atomic E-state index is -0.0452. The second kappa shape index (κ2) is 6.60. The third-order valence-corrected chi connectivity index (χ3v) is 4.21. The van der Waals surface area contributed by atoms with Crippen molar-refractivity contribution < 1.29 is 5.11 Å². The summed E-state index contributed by atoms with van der Waals surface area (Å²) in [4.78, 5) is 2.37. The molecule has 3 nitrogen and oxygen atoms in total. The minimum Gasteiger partial charge on any atom is -0.396 e. The Morgan fingerprint density at radius 1 is 1.47 bits per heavy atom. The SMILES string of the molecule is CC(N)c1ccc(N(CCCO)C2CCC2)cc1Cl. The van der Waals surface area contributed by atoms with E-state index in [-0.39, 0.29) is 12.6 Å². The topological polar surface area (TPSA) is 49.5 Å². The molecule has 1 aliphatic rings. The monoisotopic (exact) mass is 282 g/mol. The molecule has 1 fully saturated rings. The van der Waals surface area contributed by atoms with E-state index in [9.17, 15) is 0 Å². The molecule has 19 heavy (non-hydrogen) atoms. The van der Waals surface area contributed by atoms with Crippen molar-refractivity contribution in [2.75, 3.05) is 18.1 Å². The van der Waals surface area contributed by atoms with Crippen molar-refractivity contribution in [1.29, 1.82) is 0 Å². The highest BCUT2D eigenvalue weighted by atomic mass is 35.5. The van der Waals surface area contributed by atoms with Gasteiger partial charge in [0.1, 0.15) is 0 Å². The van der Waals surface area contributed by atoms with Gasteiger partial charge in [0.05, 0.1) is 0 Å². The Hall–Kier alpha value is -0.770. The van der Waals surface area contributed by atoms with Crippen LogP contribution < -0.4 is 10.6 Å². The van der Waals surface area contributed by atoms with Gasteiger partial charge in [0, 0.05) is 35.9 Å². The highest BCUT2D eigenvalue weighted by Crippen LogP contribution is 2.33. The molecule has 0 spiro atoms. The molecule has 0 aromatic heterocycles. The second-order valence-corrected chi connectivity index (χ2v) is 5.76. The molecule has 1 aromatic carbocycles. The van der Waals surface area contributed by atoms with E-state index in [0.29, 0.717) is 6.04 Å². The van der Waals surface area contributed by atoms with Crippen LogP contribution in [0.3, 0.4) is 0 Å². The molecule has 0 saturated heterocycles. The predicted octanol–water partition coefficient (Wildman–Crippen LogP) is 3.10. The average molecular weight is 283 g/mol. The number of rotatable bonds is 6. The zero-order valence-electron chi connectivity index (χ0n) is 11.5. The van der Waals surface area contributed by atoms with Crippen molar-refractivity contribution in [2.24, 2.45) is 5.73 Å². The molecule has 0 radical (unpaired) electrons. The van der Waals surface area contributed by atoms with E-state index in [1.165, 1.54) is 19.3 Å². The van der Waals surface area contributed by atoms with Crippen LogP contribution in [0.2, 0.25) is 5.02 Å². The molecule has 0 bridgehead atoms. The summed E-state index contributed by atoms with van der Waals surface area (Å²) in [5.74, 6) is 0. The number of anilines is 1. The molecule has 1 aromatic rings. The zero-order chi connectivity index (χ0) is 13.8. The van der Waals surface area contributed by atoms with Gasteiger partial charge >= 0.3 is 0 Å². The van der Waals surface area contributed by atoms with Gasteiger partial charge in [-0.1, -0.05) is 17.7 Å². The van der Waals surface area contributed by atoms with Gasteiger partial charge < -0.3 is 15.7 Å². The number of hydrogen-bond acceptors (Lipinski definition) is 3. The van der Waals surface area contributed by atoms with Crippen LogP contribution in [0.1, 0.15) is 44.2 Å². The van der Waals surface area contributed by atoms with Gasteiger partial charge in [-0.05, 0) is 50.3 Å². The van der Waals surface area contributed by atoms with E-state index >= 15 is 0 Å². The van der Waals surface area contributed by atoms with Gasteiger partial charge in [0.2, 0.25) is 0 Å². The molecular weight excluding hydrogens is 260 g/mol. The highest BCUT2D eigenvalue weighted by molar-refractivity contribution is 6.31. The number of nitrogens with zero attached hydrogens (tertiary/aromatic N) is 1. The van der Waals surface area contributed by atoms with Crippen LogP contribution in [0, 0.1) is 0 Å². The van der Waals surface area contributed by atoms with E-state index in [1.807, 2.05) is 19.1 Å². The van der Waals surface area contributed by atoms with E-state index in [2.05, 4.69) is 11.0 Å². The lowest BCUT2D eigenvalue weighted by Gasteiger charge is -2.39. The van der Waals surface area contributed by atoms with E-state index in [4.69, 9.17) is 22.4 Å². The number of hydrogen-bond donors (Lipinski definition) is 2. The second-order valence-electron chi connectivity index (χ2n) is 5.35. The summed E-state index contributed by atoms with van der Waals surface area (Å²) in [6, 6.07) is 6.68. The zero-order valence-corrected chi connectivity index (χ0v) is 12.2. The van der Waals surface area contributed by atoms with E-state index in [0.717, 1.165) is 29.2 Å². The molecule has 3 N–H and O–H groups in total. The Balaban J connectivity index is 2.18. The van der Waals surface area contributed by atoms with Gasteiger partial charge in [-0.3, -0.25) is 0 Å². The first-order valence-corrected chi connectivity index (χ1v) is 7.44. The van der Waals surface area contributed by atoms with Crippen LogP contribution in [0.4, 0.5) is 5.69 Å². The first kappa shape index (κ1) is 14.6. The van der Waals surface area contributed by atoms with Gasteiger partial charge in [-0.2, -0.15) is 0 Å². The van der Waals surface area contributed by atoms with E-state index in [1.54, 1.807) is 0 Å².